The van der Waals surface area contributed by atoms with Gasteiger partial charge in [0.2, 0.25) is 0 Å². The summed E-state index contributed by atoms with van der Waals surface area (Å²) >= 11 is 0. The number of piperidine rings is 1. The second-order valence-corrected chi connectivity index (χ2v) is 7.53. The van der Waals surface area contributed by atoms with Gasteiger partial charge in [-0.2, -0.15) is 17.5 Å². The van der Waals surface area contributed by atoms with Crippen molar-refractivity contribution >= 4 is 16.0 Å². The molecule has 142 valence electrons. The third-order valence-corrected chi connectivity index (χ3v) is 5.52. The number of furan rings is 1. The molecule has 7 nitrogen and oxygen atoms in total. The number of guanidine groups is 1. The summed E-state index contributed by atoms with van der Waals surface area (Å²) in [5.41, 5.74) is -5.25. The second kappa shape index (κ2) is 8.09. The van der Waals surface area contributed by atoms with Crippen LogP contribution in [-0.4, -0.2) is 56.9 Å². The summed E-state index contributed by atoms with van der Waals surface area (Å²) in [5.74, 6) is 1.34. The van der Waals surface area contributed by atoms with E-state index in [1.54, 1.807) is 19.4 Å². The van der Waals surface area contributed by atoms with Gasteiger partial charge >= 0.3 is 15.5 Å². The number of rotatable bonds is 5. The SMILES string of the molecule is CN=C(NCCc1ccco1)NC1CCN(S(=O)(=O)C(F)(F)F)CC1. The van der Waals surface area contributed by atoms with Crippen molar-refractivity contribution in [3.8, 4) is 0 Å². The molecule has 2 heterocycles. The molecule has 0 saturated carbocycles. The summed E-state index contributed by atoms with van der Waals surface area (Å²) in [5, 5.41) is 6.19. The summed E-state index contributed by atoms with van der Waals surface area (Å²) < 4.78 is 66.1. The van der Waals surface area contributed by atoms with Crippen molar-refractivity contribution in [2.45, 2.75) is 30.8 Å². The van der Waals surface area contributed by atoms with Crippen LogP contribution in [0.4, 0.5) is 13.2 Å². The Morgan fingerprint density at radius 2 is 2.08 bits per heavy atom. The van der Waals surface area contributed by atoms with Crippen LogP contribution in [0, 0.1) is 0 Å². The average molecular weight is 382 g/mol. The molecular formula is C14H21F3N4O3S. The van der Waals surface area contributed by atoms with Gasteiger partial charge in [0.25, 0.3) is 0 Å². The molecule has 1 fully saturated rings. The van der Waals surface area contributed by atoms with Gasteiger partial charge in [-0.05, 0) is 25.0 Å². The number of hydrogen-bond donors (Lipinski definition) is 2. The van der Waals surface area contributed by atoms with Crippen LogP contribution >= 0.6 is 0 Å². The van der Waals surface area contributed by atoms with Gasteiger partial charge in [-0.25, -0.2) is 8.42 Å². The molecule has 1 aliphatic rings. The molecule has 0 spiro atoms. The minimum Gasteiger partial charge on any atom is -0.469 e. The first-order valence-electron chi connectivity index (χ1n) is 7.80. The van der Waals surface area contributed by atoms with Gasteiger partial charge in [-0.1, -0.05) is 0 Å². The predicted molar refractivity (Wildman–Crippen MR) is 86.5 cm³/mol. The zero-order valence-corrected chi connectivity index (χ0v) is 14.5. The Balaban J connectivity index is 1.78. The van der Waals surface area contributed by atoms with Crippen molar-refractivity contribution in [3.05, 3.63) is 24.2 Å². The standard InChI is InChI=1S/C14H21F3N4O3S/c1-18-13(19-7-4-12-3-2-10-24-12)20-11-5-8-21(9-6-11)25(22,23)14(15,16)17/h2-3,10-11H,4-9H2,1H3,(H2,18,19,20). The fourth-order valence-electron chi connectivity index (χ4n) is 2.53. The molecule has 0 unspecified atom stereocenters. The van der Waals surface area contributed by atoms with E-state index in [1.165, 1.54) is 0 Å². The molecule has 11 heteroatoms. The lowest BCUT2D eigenvalue weighted by Crippen LogP contribution is -2.51. The molecule has 0 aromatic carbocycles. The van der Waals surface area contributed by atoms with Gasteiger partial charge < -0.3 is 15.1 Å². The van der Waals surface area contributed by atoms with Crippen LogP contribution in [0.15, 0.2) is 27.8 Å². The number of alkyl halides is 3. The highest BCUT2D eigenvalue weighted by Gasteiger charge is 2.50. The van der Waals surface area contributed by atoms with Crippen LogP contribution in [0.1, 0.15) is 18.6 Å². The molecule has 0 amide bonds. The largest absolute Gasteiger partial charge is 0.511 e. The van der Waals surface area contributed by atoms with Crippen molar-refractivity contribution < 1.29 is 26.0 Å². The van der Waals surface area contributed by atoms with Gasteiger partial charge in [0.05, 0.1) is 6.26 Å². The minimum absolute atomic E-state index is 0.144. The zero-order valence-electron chi connectivity index (χ0n) is 13.7. The fraction of sp³-hybridized carbons (Fsp3) is 0.643. The monoisotopic (exact) mass is 382 g/mol. The topological polar surface area (TPSA) is 86.9 Å². The first-order valence-corrected chi connectivity index (χ1v) is 9.24. The quantitative estimate of drug-likeness (QED) is 0.592. The van der Waals surface area contributed by atoms with Gasteiger partial charge in [0, 0.05) is 39.1 Å². The summed E-state index contributed by atoms with van der Waals surface area (Å²) in [6.07, 6.45) is 2.80. The van der Waals surface area contributed by atoms with Crippen molar-refractivity contribution in [1.82, 2.24) is 14.9 Å². The molecule has 1 aromatic heterocycles. The highest BCUT2D eigenvalue weighted by atomic mass is 32.2. The van der Waals surface area contributed by atoms with Gasteiger partial charge in [0.15, 0.2) is 5.96 Å². The molecule has 1 aliphatic heterocycles. The molecule has 1 aromatic rings. The Labute approximate surface area is 144 Å². The molecule has 1 saturated heterocycles. The van der Waals surface area contributed by atoms with Crippen LogP contribution in [0.5, 0.6) is 0 Å². The number of sulfonamides is 1. The number of hydrogen-bond acceptors (Lipinski definition) is 4. The van der Waals surface area contributed by atoms with E-state index in [0.717, 1.165) is 5.76 Å². The third kappa shape index (κ3) is 5.11. The first kappa shape index (κ1) is 19.6. The predicted octanol–water partition coefficient (Wildman–Crippen LogP) is 1.30. The maximum absolute atomic E-state index is 12.6. The van der Waals surface area contributed by atoms with Crippen molar-refractivity contribution in [3.63, 3.8) is 0 Å². The third-order valence-electron chi connectivity index (χ3n) is 3.89. The van der Waals surface area contributed by atoms with Crippen LogP contribution in [-0.2, 0) is 16.4 Å². The lowest BCUT2D eigenvalue weighted by molar-refractivity contribution is -0.0494. The second-order valence-electron chi connectivity index (χ2n) is 5.60. The molecule has 25 heavy (non-hydrogen) atoms. The smallest absolute Gasteiger partial charge is 0.469 e. The summed E-state index contributed by atoms with van der Waals surface area (Å²) in [6.45, 7) is 0.223. The molecule has 2 N–H and O–H groups in total. The number of halogens is 3. The average Bonchev–Trinajstić information content (AvgIpc) is 3.06. The van der Waals surface area contributed by atoms with E-state index in [4.69, 9.17) is 4.42 Å². The van der Waals surface area contributed by atoms with E-state index in [2.05, 4.69) is 15.6 Å². The van der Waals surface area contributed by atoms with Crippen LogP contribution in [0.3, 0.4) is 0 Å². The highest BCUT2D eigenvalue weighted by Crippen LogP contribution is 2.28. The summed E-state index contributed by atoms with van der Waals surface area (Å²) in [6, 6.07) is 3.51. The Morgan fingerprint density at radius 3 is 2.60 bits per heavy atom. The van der Waals surface area contributed by atoms with E-state index in [9.17, 15) is 21.6 Å². The zero-order chi connectivity index (χ0) is 18.5. The molecule has 0 bridgehead atoms. The van der Waals surface area contributed by atoms with E-state index < -0.39 is 15.5 Å². The number of aliphatic imine (C=N–C) groups is 1. The maximum atomic E-state index is 12.6. The Bertz CT molecular complexity index is 666. The van der Waals surface area contributed by atoms with Crippen molar-refractivity contribution in [2.75, 3.05) is 26.7 Å². The van der Waals surface area contributed by atoms with Crippen molar-refractivity contribution in [2.24, 2.45) is 4.99 Å². The fourth-order valence-corrected chi connectivity index (χ4v) is 3.52. The van der Waals surface area contributed by atoms with Crippen LogP contribution in [0.25, 0.3) is 0 Å². The highest BCUT2D eigenvalue weighted by molar-refractivity contribution is 7.90. The summed E-state index contributed by atoms with van der Waals surface area (Å²) in [7, 11) is -3.66. The van der Waals surface area contributed by atoms with Crippen LogP contribution < -0.4 is 10.6 Å². The Kier molecular flexibility index (Phi) is 6.33. The van der Waals surface area contributed by atoms with E-state index in [-0.39, 0.29) is 32.0 Å². The molecule has 0 radical (unpaired) electrons. The molecule has 0 aliphatic carbocycles. The molecular weight excluding hydrogens is 361 g/mol. The van der Waals surface area contributed by atoms with Gasteiger partial charge in [-0.3, -0.25) is 4.99 Å². The van der Waals surface area contributed by atoms with Crippen molar-refractivity contribution in [1.29, 1.82) is 0 Å². The van der Waals surface area contributed by atoms with Crippen LogP contribution in [0.2, 0.25) is 0 Å². The van der Waals surface area contributed by atoms with Gasteiger partial charge in [0.1, 0.15) is 5.76 Å². The molecule has 0 atom stereocenters. The minimum atomic E-state index is -5.25. The number of nitrogens with zero attached hydrogens (tertiary/aromatic N) is 2. The number of nitrogens with one attached hydrogen (secondary N) is 2. The van der Waals surface area contributed by atoms with E-state index in [1.807, 2.05) is 6.07 Å². The first-order chi connectivity index (χ1) is 11.7. The Morgan fingerprint density at radius 1 is 1.40 bits per heavy atom. The Hall–Kier alpha value is -1.75. The van der Waals surface area contributed by atoms with E-state index in [0.29, 0.717) is 23.2 Å². The molecule has 2 rings (SSSR count). The lowest BCUT2D eigenvalue weighted by Gasteiger charge is -2.32. The normalized spacial score (nSPS) is 18.3. The van der Waals surface area contributed by atoms with Gasteiger partial charge in [-0.15, -0.1) is 0 Å². The summed E-state index contributed by atoms with van der Waals surface area (Å²) in [4.78, 5) is 4.06. The maximum Gasteiger partial charge on any atom is 0.511 e. The lowest BCUT2D eigenvalue weighted by atomic mass is 10.1. The van der Waals surface area contributed by atoms with E-state index >= 15 is 0 Å².